The fraction of sp³-hybridized carbons (Fsp3) is 0.0952. The van der Waals surface area contributed by atoms with Crippen molar-refractivity contribution in [2.75, 3.05) is 0 Å². The molecule has 3 rings (SSSR count). The zero-order valence-corrected chi connectivity index (χ0v) is 15.9. The number of hydrogen-bond donors (Lipinski definition) is 1. The van der Waals surface area contributed by atoms with Gasteiger partial charge in [-0.2, -0.15) is 0 Å². The maximum Gasteiger partial charge on any atom is 0.349 e. The Bertz CT molecular complexity index is 937. The molecule has 3 aromatic rings. The maximum atomic E-state index is 11.7. The Balaban J connectivity index is 1.76. The first-order valence-electron chi connectivity index (χ1n) is 8.11. The zero-order valence-electron chi connectivity index (χ0n) is 14.4. The molecule has 1 unspecified atom stereocenters. The number of benzene rings is 3. The van der Waals surface area contributed by atoms with Gasteiger partial charge in [-0.05, 0) is 67.1 Å². The standard InChI is InChI=1S/C21H16Cl2O4/c1-13-12-18(10-11-19(13)23)27-20(21(24)25)14-2-6-16(7-3-14)26-17-8-4-15(22)5-9-17/h2-12,20H,1H3,(H,24,25). The van der Waals surface area contributed by atoms with Crippen molar-refractivity contribution in [1.29, 1.82) is 0 Å². The molecule has 4 nitrogen and oxygen atoms in total. The first-order valence-corrected chi connectivity index (χ1v) is 8.87. The number of aryl methyl sites for hydroxylation is 1. The molecule has 0 amide bonds. The van der Waals surface area contributed by atoms with Crippen LogP contribution in [0.15, 0.2) is 66.7 Å². The van der Waals surface area contributed by atoms with Crippen molar-refractivity contribution in [2.24, 2.45) is 0 Å². The number of carbonyl (C=O) groups is 1. The van der Waals surface area contributed by atoms with Gasteiger partial charge in [-0.3, -0.25) is 0 Å². The Morgan fingerprint density at radius 1 is 0.889 bits per heavy atom. The molecule has 27 heavy (non-hydrogen) atoms. The molecule has 3 aromatic carbocycles. The summed E-state index contributed by atoms with van der Waals surface area (Å²) in [4.78, 5) is 11.7. The van der Waals surface area contributed by atoms with E-state index in [1.54, 1.807) is 66.7 Å². The van der Waals surface area contributed by atoms with E-state index >= 15 is 0 Å². The third kappa shape index (κ3) is 4.94. The van der Waals surface area contributed by atoms with E-state index < -0.39 is 12.1 Å². The Morgan fingerprint density at radius 2 is 1.44 bits per heavy atom. The highest BCUT2D eigenvalue weighted by Crippen LogP contribution is 2.29. The molecule has 0 aromatic heterocycles. The highest BCUT2D eigenvalue weighted by atomic mass is 35.5. The Kier molecular flexibility index (Phi) is 5.89. The number of carboxylic acids is 1. The van der Waals surface area contributed by atoms with E-state index in [1.807, 2.05) is 6.92 Å². The van der Waals surface area contributed by atoms with Gasteiger partial charge in [0.05, 0.1) is 0 Å². The van der Waals surface area contributed by atoms with E-state index in [-0.39, 0.29) is 0 Å². The summed E-state index contributed by atoms with van der Waals surface area (Å²) in [6.45, 7) is 1.83. The highest BCUT2D eigenvalue weighted by Gasteiger charge is 2.22. The lowest BCUT2D eigenvalue weighted by molar-refractivity contribution is -0.145. The van der Waals surface area contributed by atoms with Crippen molar-refractivity contribution in [1.82, 2.24) is 0 Å². The second kappa shape index (κ2) is 8.33. The molecule has 6 heteroatoms. The van der Waals surface area contributed by atoms with Crippen molar-refractivity contribution < 1.29 is 19.4 Å². The highest BCUT2D eigenvalue weighted by molar-refractivity contribution is 6.31. The summed E-state index contributed by atoms with van der Waals surface area (Å²) in [6, 6.07) is 18.7. The van der Waals surface area contributed by atoms with Crippen LogP contribution in [0, 0.1) is 6.92 Å². The maximum absolute atomic E-state index is 11.7. The normalized spacial score (nSPS) is 11.7. The largest absolute Gasteiger partial charge is 0.478 e. The summed E-state index contributed by atoms with van der Waals surface area (Å²) in [5.74, 6) is 0.558. The van der Waals surface area contributed by atoms with Crippen LogP contribution in [-0.4, -0.2) is 11.1 Å². The molecule has 0 aliphatic carbocycles. The average Bonchev–Trinajstić information content (AvgIpc) is 2.65. The topological polar surface area (TPSA) is 55.8 Å². The zero-order chi connectivity index (χ0) is 19.4. The third-order valence-electron chi connectivity index (χ3n) is 3.84. The average molecular weight is 403 g/mol. The van der Waals surface area contributed by atoms with E-state index in [0.717, 1.165) is 5.56 Å². The molecule has 0 aliphatic heterocycles. The lowest BCUT2D eigenvalue weighted by atomic mass is 10.1. The number of ether oxygens (including phenoxy) is 2. The van der Waals surface area contributed by atoms with Crippen LogP contribution in [0.25, 0.3) is 0 Å². The summed E-state index contributed by atoms with van der Waals surface area (Å²) in [7, 11) is 0. The van der Waals surface area contributed by atoms with Crippen LogP contribution in [0.1, 0.15) is 17.2 Å². The van der Waals surface area contributed by atoms with Crippen LogP contribution in [0.5, 0.6) is 17.2 Å². The van der Waals surface area contributed by atoms with Gasteiger partial charge in [-0.1, -0.05) is 35.3 Å². The Hall–Kier alpha value is -2.69. The number of halogens is 2. The molecule has 0 heterocycles. The minimum absolute atomic E-state index is 0.436. The minimum atomic E-state index is -1.14. The van der Waals surface area contributed by atoms with Gasteiger partial charge in [0.2, 0.25) is 6.10 Å². The van der Waals surface area contributed by atoms with Crippen molar-refractivity contribution in [3.05, 3.63) is 87.9 Å². The first kappa shape index (κ1) is 19.1. The van der Waals surface area contributed by atoms with Gasteiger partial charge in [0.1, 0.15) is 17.2 Å². The molecule has 0 saturated heterocycles. The van der Waals surface area contributed by atoms with Crippen LogP contribution in [0.3, 0.4) is 0 Å². The van der Waals surface area contributed by atoms with Crippen molar-refractivity contribution in [3.8, 4) is 17.2 Å². The molecule has 0 radical (unpaired) electrons. The molecule has 0 aliphatic rings. The van der Waals surface area contributed by atoms with Gasteiger partial charge >= 0.3 is 5.97 Å². The minimum Gasteiger partial charge on any atom is -0.478 e. The van der Waals surface area contributed by atoms with E-state index in [2.05, 4.69) is 0 Å². The predicted octanol–water partition coefficient (Wildman–Crippen LogP) is 6.30. The molecule has 0 spiro atoms. The van der Waals surface area contributed by atoms with E-state index in [0.29, 0.717) is 32.9 Å². The number of hydrogen-bond acceptors (Lipinski definition) is 3. The van der Waals surface area contributed by atoms with Crippen molar-refractivity contribution >= 4 is 29.2 Å². The molecular formula is C21H16Cl2O4. The summed E-state index contributed by atoms with van der Waals surface area (Å²) >= 11 is 11.8. The van der Waals surface area contributed by atoms with Gasteiger partial charge < -0.3 is 14.6 Å². The second-order valence-electron chi connectivity index (χ2n) is 5.87. The quantitative estimate of drug-likeness (QED) is 0.525. The lowest BCUT2D eigenvalue weighted by Gasteiger charge is -2.16. The van der Waals surface area contributed by atoms with Gasteiger partial charge in [0.15, 0.2) is 0 Å². The Labute approximate surface area is 166 Å². The molecule has 0 bridgehead atoms. The van der Waals surface area contributed by atoms with Crippen LogP contribution in [0.2, 0.25) is 10.0 Å². The van der Waals surface area contributed by atoms with Crippen LogP contribution in [-0.2, 0) is 4.79 Å². The van der Waals surface area contributed by atoms with Gasteiger partial charge in [0, 0.05) is 15.6 Å². The third-order valence-corrected chi connectivity index (χ3v) is 4.52. The lowest BCUT2D eigenvalue weighted by Crippen LogP contribution is -2.18. The van der Waals surface area contributed by atoms with Crippen LogP contribution >= 0.6 is 23.2 Å². The van der Waals surface area contributed by atoms with Gasteiger partial charge in [-0.25, -0.2) is 4.79 Å². The number of rotatable bonds is 6. The molecule has 0 fully saturated rings. The van der Waals surface area contributed by atoms with Gasteiger partial charge in [0.25, 0.3) is 0 Å². The monoisotopic (exact) mass is 402 g/mol. The van der Waals surface area contributed by atoms with Crippen molar-refractivity contribution in [3.63, 3.8) is 0 Å². The number of aliphatic carboxylic acids is 1. The van der Waals surface area contributed by atoms with E-state index in [1.165, 1.54) is 0 Å². The van der Waals surface area contributed by atoms with Crippen LogP contribution < -0.4 is 9.47 Å². The molecule has 138 valence electrons. The Morgan fingerprint density at radius 3 is 2.00 bits per heavy atom. The van der Waals surface area contributed by atoms with E-state index in [9.17, 15) is 9.90 Å². The number of carboxylic acid groups (broad SMARTS) is 1. The molecular weight excluding hydrogens is 387 g/mol. The fourth-order valence-corrected chi connectivity index (χ4v) is 2.68. The van der Waals surface area contributed by atoms with Crippen LogP contribution in [0.4, 0.5) is 0 Å². The molecule has 1 atom stereocenters. The summed E-state index contributed by atoms with van der Waals surface area (Å²) < 4.78 is 11.4. The smallest absolute Gasteiger partial charge is 0.349 e. The summed E-state index contributed by atoms with van der Waals surface area (Å²) in [6.07, 6.45) is -1.14. The van der Waals surface area contributed by atoms with Gasteiger partial charge in [-0.15, -0.1) is 0 Å². The van der Waals surface area contributed by atoms with E-state index in [4.69, 9.17) is 32.7 Å². The molecule has 1 N–H and O–H groups in total. The fourth-order valence-electron chi connectivity index (χ4n) is 2.44. The summed E-state index contributed by atoms with van der Waals surface area (Å²) in [5.41, 5.74) is 1.31. The van der Waals surface area contributed by atoms with Crippen molar-refractivity contribution in [2.45, 2.75) is 13.0 Å². The second-order valence-corrected chi connectivity index (χ2v) is 6.72. The molecule has 0 saturated carbocycles. The predicted molar refractivity (Wildman–Crippen MR) is 105 cm³/mol. The summed E-state index contributed by atoms with van der Waals surface area (Å²) in [5, 5.41) is 10.8. The first-order chi connectivity index (χ1) is 12.9. The SMILES string of the molecule is Cc1cc(OC(C(=O)O)c2ccc(Oc3ccc(Cl)cc3)cc2)ccc1Cl.